The Hall–Kier alpha value is -0.880. The second kappa shape index (κ2) is 4.38. The minimum Gasteiger partial charge on any atom is -0.225 e. The summed E-state index contributed by atoms with van der Waals surface area (Å²) in [5.41, 5.74) is 0. The molecule has 0 saturated heterocycles. The monoisotopic (exact) mass is 204 g/mol. The maximum absolute atomic E-state index is 12.0. The van der Waals surface area contributed by atoms with Crippen LogP contribution in [-0.4, -0.2) is 30.0 Å². The lowest BCUT2D eigenvalue weighted by Crippen LogP contribution is -2.43. The largest absolute Gasteiger partial charge is 0.410 e. The number of hydrogen-bond acceptors (Lipinski definition) is 2. The quantitative estimate of drug-likeness (QED) is 0.298. The lowest BCUT2D eigenvalue weighted by molar-refractivity contribution is -0.207. The van der Waals surface area contributed by atoms with Gasteiger partial charge in [-0.1, -0.05) is 0 Å². The molecular weight excluding hydrogens is 195 g/mol. The van der Waals surface area contributed by atoms with Crippen molar-refractivity contribution in [2.45, 2.75) is 32.6 Å². The summed E-state index contributed by atoms with van der Waals surface area (Å²) in [7, 11) is 0. The van der Waals surface area contributed by atoms with Crippen LogP contribution in [0.5, 0.6) is 0 Å². The SMILES string of the molecule is C/C=N\N(C(F)F)C(C)C(F)(F)F. The van der Waals surface area contributed by atoms with Gasteiger partial charge in [-0.15, -0.1) is 0 Å². The Morgan fingerprint density at radius 3 is 2.00 bits per heavy atom. The first-order valence-corrected chi connectivity index (χ1v) is 3.42. The molecule has 0 aromatic rings. The zero-order valence-electron chi connectivity index (χ0n) is 7.02. The van der Waals surface area contributed by atoms with Crippen LogP contribution in [-0.2, 0) is 0 Å². The third-order valence-electron chi connectivity index (χ3n) is 1.32. The lowest BCUT2D eigenvalue weighted by Gasteiger charge is -2.26. The van der Waals surface area contributed by atoms with Gasteiger partial charge in [-0.3, -0.25) is 0 Å². The van der Waals surface area contributed by atoms with Gasteiger partial charge >= 0.3 is 12.7 Å². The number of alkyl halides is 5. The van der Waals surface area contributed by atoms with Crippen molar-refractivity contribution in [3.05, 3.63) is 0 Å². The minimum atomic E-state index is -4.71. The first kappa shape index (κ1) is 12.1. The van der Waals surface area contributed by atoms with Crippen LogP contribution in [0, 0.1) is 0 Å². The summed E-state index contributed by atoms with van der Waals surface area (Å²) in [6.07, 6.45) is -3.82. The highest BCUT2D eigenvalue weighted by molar-refractivity contribution is 5.52. The standard InChI is InChI=1S/C6H9F5N2/c1-3-12-13(5(7)8)4(2)6(9,10)11/h3-5H,1-2H3/b12-3-. The van der Waals surface area contributed by atoms with E-state index in [4.69, 9.17) is 0 Å². The van der Waals surface area contributed by atoms with Crippen molar-refractivity contribution in [1.29, 1.82) is 0 Å². The molecule has 0 aliphatic heterocycles. The number of halogens is 5. The normalized spacial score (nSPS) is 15.4. The van der Waals surface area contributed by atoms with Gasteiger partial charge in [0.15, 0.2) is 0 Å². The summed E-state index contributed by atoms with van der Waals surface area (Å²) in [5.74, 6) is 0. The van der Waals surface area contributed by atoms with Crippen molar-refractivity contribution in [2.75, 3.05) is 0 Å². The zero-order valence-corrected chi connectivity index (χ0v) is 7.02. The maximum atomic E-state index is 12.0. The van der Waals surface area contributed by atoms with Crippen molar-refractivity contribution in [3.63, 3.8) is 0 Å². The van der Waals surface area contributed by atoms with Gasteiger partial charge in [0.25, 0.3) is 0 Å². The molecule has 0 spiro atoms. The van der Waals surface area contributed by atoms with Crippen LogP contribution < -0.4 is 0 Å². The molecule has 0 rings (SSSR count). The summed E-state index contributed by atoms with van der Waals surface area (Å²) in [6, 6.07) is -2.29. The van der Waals surface area contributed by atoms with Gasteiger partial charge in [0.2, 0.25) is 0 Å². The molecule has 13 heavy (non-hydrogen) atoms. The fourth-order valence-electron chi connectivity index (χ4n) is 0.603. The van der Waals surface area contributed by atoms with Crippen LogP contribution in [0.25, 0.3) is 0 Å². The van der Waals surface area contributed by atoms with E-state index < -0.39 is 18.8 Å². The molecule has 2 nitrogen and oxygen atoms in total. The number of rotatable bonds is 3. The molecule has 1 atom stereocenters. The third-order valence-corrected chi connectivity index (χ3v) is 1.32. The maximum Gasteiger partial charge on any atom is 0.410 e. The Labute approximate surface area is 72.0 Å². The summed E-state index contributed by atoms with van der Waals surface area (Å²) >= 11 is 0. The molecule has 0 aliphatic carbocycles. The minimum absolute atomic E-state index is 0.292. The molecule has 0 saturated carbocycles. The molecule has 1 unspecified atom stereocenters. The van der Waals surface area contributed by atoms with Crippen molar-refractivity contribution in [3.8, 4) is 0 Å². The van der Waals surface area contributed by atoms with E-state index in [0.717, 1.165) is 6.21 Å². The summed E-state index contributed by atoms with van der Waals surface area (Å²) in [6.45, 7) is -1.37. The molecule has 7 heteroatoms. The highest BCUT2D eigenvalue weighted by Gasteiger charge is 2.42. The van der Waals surface area contributed by atoms with Crippen LogP contribution in [0.3, 0.4) is 0 Å². The van der Waals surface area contributed by atoms with Gasteiger partial charge in [-0.2, -0.15) is 27.1 Å². The fourth-order valence-corrected chi connectivity index (χ4v) is 0.603. The van der Waals surface area contributed by atoms with E-state index in [1.165, 1.54) is 6.92 Å². The van der Waals surface area contributed by atoms with Gasteiger partial charge in [0, 0.05) is 6.21 Å². The Balaban J connectivity index is 4.56. The first-order chi connectivity index (χ1) is 5.80. The van der Waals surface area contributed by atoms with E-state index in [1.54, 1.807) is 0 Å². The van der Waals surface area contributed by atoms with E-state index >= 15 is 0 Å². The molecule has 0 aliphatic rings. The van der Waals surface area contributed by atoms with E-state index in [9.17, 15) is 22.0 Å². The molecule has 0 bridgehead atoms. The van der Waals surface area contributed by atoms with Gasteiger partial charge in [-0.25, -0.2) is 5.01 Å². The van der Waals surface area contributed by atoms with Crippen LogP contribution in [0.1, 0.15) is 13.8 Å². The Bertz CT molecular complexity index is 176. The molecule has 0 aromatic carbocycles. The van der Waals surface area contributed by atoms with Gasteiger partial charge in [0.1, 0.15) is 6.04 Å². The third kappa shape index (κ3) is 3.56. The smallest absolute Gasteiger partial charge is 0.225 e. The fraction of sp³-hybridized carbons (Fsp3) is 0.833. The van der Waals surface area contributed by atoms with Crippen LogP contribution in [0.15, 0.2) is 5.10 Å². The molecule has 0 aromatic heterocycles. The Kier molecular flexibility index (Phi) is 4.09. The number of hydrogen-bond donors (Lipinski definition) is 0. The summed E-state index contributed by atoms with van der Waals surface area (Å²) in [5, 5.41) is 2.64. The summed E-state index contributed by atoms with van der Waals surface area (Å²) in [4.78, 5) is 0. The van der Waals surface area contributed by atoms with Gasteiger partial charge in [-0.05, 0) is 13.8 Å². The highest BCUT2D eigenvalue weighted by atomic mass is 19.4. The van der Waals surface area contributed by atoms with Crippen molar-refractivity contribution < 1.29 is 22.0 Å². The Morgan fingerprint density at radius 2 is 1.77 bits per heavy atom. The van der Waals surface area contributed by atoms with Crippen LogP contribution in [0.4, 0.5) is 22.0 Å². The molecule has 0 amide bonds. The van der Waals surface area contributed by atoms with E-state index in [0.29, 0.717) is 6.92 Å². The van der Waals surface area contributed by atoms with Crippen LogP contribution >= 0.6 is 0 Å². The molecular formula is C6H9F5N2. The highest BCUT2D eigenvalue weighted by Crippen LogP contribution is 2.26. The van der Waals surface area contributed by atoms with E-state index in [2.05, 4.69) is 5.10 Å². The van der Waals surface area contributed by atoms with E-state index in [-0.39, 0.29) is 5.01 Å². The van der Waals surface area contributed by atoms with Gasteiger partial charge < -0.3 is 0 Å². The molecule has 78 valence electrons. The van der Waals surface area contributed by atoms with Crippen molar-refractivity contribution >= 4 is 6.21 Å². The zero-order chi connectivity index (χ0) is 10.6. The molecule has 0 radical (unpaired) electrons. The molecule has 0 fully saturated rings. The predicted molar refractivity (Wildman–Crippen MR) is 37.5 cm³/mol. The second-order valence-corrected chi connectivity index (χ2v) is 2.25. The van der Waals surface area contributed by atoms with Crippen LogP contribution in [0.2, 0.25) is 0 Å². The average Bonchev–Trinajstić information content (AvgIpc) is 1.96. The predicted octanol–water partition coefficient (Wildman–Crippen LogP) is 2.47. The number of nitrogens with zero attached hydrogens (tertiary/aromatic N) is 2. The summed E-state index contributed by atoms with van der Waals surface area (Å²) < 4.78 is 59.8. The van der Waals surface area contributed by atoms with Crippen molar-refractivity contribution in [2.24, 2.45) is 5.10 Å². The molecule has 0 N–H and O–H groups in total. The number of hydrazone groups is 1. The average molecular weight is 204 g/mol. The van der Waals surface area contributed by atoms with E-state index in [1.807, 2.05) is 0 Å². The molecule has 0 heterocycles. The lowest BCUT2D eigenvalue weighted by atomic mass is 10.3. The van der Waals surface area contributed by atoms with Crippen molar-refractivity contribution in [1.82, 2.24) is 5.01 Å². The topological polar surface area (TPSA) is 15.6 Å². The first-order valence-electron chi connectivity index (χ1n) is 3.42. The van der Waals surface area contributed by atoms with Gasteiger partial charge in [0.05, 0.1) is 0 Å². The second-order valence-electron chi connectivity index (χ2n) is 2.25. The Morgan fingerprint density at radius 1 is 1.31 bits per heavy atom.